The zero-order valence-corrected chi connectivity index (χ0v) is 73.6. The second-order valence-electron chi connectivity index (χ2n) is 35.9. The van der Waals surface area contributed by atoms with Crippen molar-refractivity contribution in [1.82, 2.24) is 80.1 Å². The lowest BCUT2D eigenvalue weighted by Gasteiger charge is -2.38. The summed E-state index contributed by atoms with van der Waals surface area (Å²) in [7, 11) is 0. The lowest BCUT2D eigenvalue weighted by atomic mass is 9.92. The van der Waals surface area contributed by atoms with Gasteiger partial charge in [0.25, 0.3) is 0 Å². The van der Waals surface area contributed by atoms with Crippen LogP contribution in [0.15, 0.2) is 0 Å². The summed E-state index contributed by atoms with van der Waals surface area (Å²) in [5.74, 6) is 0. The third-order valence-electron chi connectivity index (χ3n) is 24.1. The van der Waals surface area contributed by atoms with Crippen molar-refractivity contribution in [2.24, 2.45) is 10.8 Å². The Kier molecular flexibility index (Phi) is 51.6. The molecule has 12 saturated heterocycles. The van der Waals surface area contributed by atoms with Crippen molar-refractivity contribution in [2.75, 3.05) is 447 Å². The zero-order valence-electron chi connectivity index (χ0n) is 73.6. The molecule has 0 aromatic carbocycles. The lowest BCUT2D eigenvalue weighted by molar-refractivity contribution is -0.136. The SMILES string of the molecule is OC(COCCOCC(O)CN1CCN(CC(O)COCC2(COCC(O)CN3CCN(CC(O)COCCOCC(O)CN4CCNCC4)CC3)COCC(O)CN3CCN(CC3)CC(O)COCC(COCC(O)CN3CCNCC3)(COCC(O)CN3CCNCC3)COCC(O)CN3CCN(CC3)CC(O)COC2)CC1)CN1CCNCC1. The Morgan fingerprint density at radius 3 is 0.582 bits per heavy atom. The fourth-order valence-corrected chi connectivity index (χ4v) is 17.3. The van der Waals surface area contributed by atoms with E-state index in [1.165, 1.54) is 0 Å². The lowest BCUT2D eigenvalue weighted by Crippen LogP contribution is -2.52. The van der Waals surface area contributed by atoms with Gasteiger partial charge in [0, 0.05) is 288 Å². The molecule has 40 heteroatoms. The highest BCUT2D eigenvalue weighted by molar-refractivity contribution is 4.88. The standard InChI is InChI=1S/C82H164N16O24/c99-69(37-87-9-1-83-2-10-87)49-111-33-35-113-51-71(101)41-91-17-21-93(22-18-91)43-75(105)55-119-65-82(66-120-56-76(106)44-94-23-19-92(20-24-94)42-72(102)52-114-36-34-112-50-70(100)38-88-11-3-84-4-12-88)67-121-59-79(109)47-97-29-25-95(26-30-97)45-77(107)57-117-63-81(61-115-53-73(103)39-89-13-5-85-6-14-89,62-116-54-74(104)40-90-15-7-86-8-16-90)64-118-58-78(108)46-96-27-31-98(32-28-96)48-80(110)60-122-68-82/h69-80,83-86,99-110H,1-68H2. The van der Waals surface area contributed by atoms with Crippen molar-refractivity contribution >= 4 is 0 Å². The van der Waals surface area contributed by atoms with E-state index in [9.17, 15) is 61.3 Å². The number of piperazine rings is 8. The molecule has 0 aromatic rings. The number of aliphatic hydroxyl groups excluding tert-OH is 12. The molecule has 12 rings (SSSR count). The minimum atomic E-state index is -1.06. The summed E-state index contributed by atoms with van der Waals surface area (Å²) >= 11 is 0. The molecule has 40 nitrogen and oxygen atoms in total. The molecule has 0 aliphatic carbocycles. The van der Waals surface area contributed by atoms with E-state index in [2.05, 4.69) is 80.1 Å². The van der Waals surface area contributed by atoms with E-state index in [0.717, 1.165) is 105 Å². The highest BCUT2D eigenvalue weighted by Crippen LogP contribution is 2.25. The van der Waals surface area contributed by atoms with E-state index >= 15 is 0 Å². The molecule has 12 aliphatic rings. The van der Waals surface area contributed by atoms with Gasteiger partial charge < -0.3 is 139 Å². The first-order chi connectivity index (χ1) is 59.3. The predicted octanol–water partition coefficient (Wildman–Crippen LogP) is -11.4. The van der Waals surface area contributed by atoms with Gasteiger partial charge in [0.1, 0.15) is 0 Å². The normalized spacial score (nSPS) is 31.0. The minimum absolute atomic E-state index is 0.00783. The van der Waals surface area contributed by atoms with Gasteiger partial charge in [0.05, 0.1) is 243 Å². The number of hydrogen-bond acceptors (Lipinski definition) is 40. The van der Waals surface area contributed by atoms with Gasteiger partial charge >= 0.3 is 0 Å². The van der Waals surface area contributed by atoms with Crippen LogP contribution in [-0.2, 0) is 56.8 Å². The van der Waals surface area contributed by atoms with Crippen LogP contribution in [0.3, 0.4) is 0 Å². The van der Waals surface area contributed by atoms with E-state index in [0.29, 0.717) is 210 Å². The summed E-state index contributed by atoms with van der Waals surface area (Å²) in [5.41, 5.74) is -2.03. The third-order valence-corrected chi connectivity index (χ3v) is 24.1. The average Bonchev–Trinajstić information content (AvgIpc) is 0.853. The smallest absolute Gasteiger partial charge is 0.0900 e. The summed E-state index contributed by atoms with van der Waals surface area (Å²) in [5, 5.41) is 148. The van der Waals surface area contributed by atoms with Gasteiger partial charge in [0.15, 0.2) is 0 Å². The molecule has 122 heavy (non-hydrogen) atoms. The summed E-state index contributed by atoms with van der Waals surface area (Å²) in [6.45, 7) is 31.3. The quantitative estimate of drug-likeness (QED) is 0.0252. The van der Waals surface area contributed by atoms with Crippen LogP contribution < -0.4 is 21.3 Å². The number of nitrogens with zero attached hydrogens (tertiary/aromatic N) is 12. The topological polar surface area (TPSA) is 441 Å². The van der Waals surface area contributed by atoms with Crippen molar-refractivity contribution in [3.8, 4) is 0 Å². The summed E-state index contributed by atoms with van der Waals surface area (Å²) in [6, 6.07) is 0. The van der Waals surface area contributed by atoms with Crippen LogP contribution in [0.1, 0.15) is 0 Å². The highest BCUT2D eigenvalue weighted by atomic mass is 16.6. The molecule has 0 aromatic heterocycles. The molecule has 0 amide bonds. The largest absolute Gasteiger partial charge is 0.389 e. The van der Waals surface area contributed by atoms with Crippen molar-refractivity contribution in [2.45, 2.75) is 73.2 Å². The van der Waals surface area contributed by atoms with Gasteiger partial charge in [-0.1, -0.05) is 0 Å². The molecule has 0 spiro atoms. The second-order valence-corrected chi connectivity index (χ2v) is 35.9. The molecule has 12 aliphatic heterocycles. The van der Waals surface area contributed by atoms with Crippen LogP contribution in [0, 0.1) is 10.8 Å². The Hall–Kier alpha value is -1.60. The molecule has 716 valence electrons. The Bertz CT molecular complexity index is 2410. The van der Waals surface area contributed by atoms with Crippen LogP contribution in [0.25, 0.3) is 0 Å². The minimum Gasteiger partial charge on any atom is -0.389 e. The van der Waals surface area contributed by atoms with Gasteiger partial charge in [-0.05, 0) is 0 Å². The van der Waals surface area contributed by atoms with Crippen LogP contribution in [0.2, 0.25) is 0 Å². The Morgan fingerprint density at radius 2 is 0.402 bits per heavy atom. The Balaban J connectivity index is 0.778. The molecular formula is C82H164N16O24. The van der Waals surface area contributed by atoms with E-state index < -0.39 is 84.1 Å². The first kappa shape index (κ1) is 104. The third kappa shape index (κ3) is 44.1. The molecule has 12 heterocycles. The van der Waals surface area contributed by atoms with Crippen molar-refractivity contribution in [3.63, 3.8) is 0 Å². The first-order valence-corrected chi connectivity index (χ1v) is 45.9. The second kappa shape index (κ2) is 60.5. The van der Waals surface area contributed by atoms with Crippen molar-refractivity contribution in [1.29, 1.82) is 0 Å². The van der Waals surface area contributed by atoms with E-state index in [1.807, 2.05) is 0 Å². The van der Waals surface area contributed by atoms with Gasteiger partial charge in [-0.15, -0.1) is 0 Å². The van der Waals surface area contributed by atoms with E-state index in [4.69, 9.17) is 56.8 Å². The van der Waals surface area contributed by atoms with Crippen molar-refractivity contribution in [3.05, 3.63) is 0 Å². The summed E-state index contributed by atoms with van der Waals surface area (Å²) in [4.78, 5) is 26.2. The van der Waals surface area contributed by atoms with Gasteiger partial charge in [0.2, 0.25) is 0 Å². The molecule has 12 atom stereocenters. The number of rotatable bonds is 46. The van der Waals surface area contributed by atoms with Crippen LogP contribution >= 0.6 is 0 Å². The fourth-order valence-electron chi connectivity index (χ4n) is 17.3. The maximum Gasteiger partial charge on any atom is 0.0900 e. The number of hydrogen-bond donors (Lipinski definition) is 16. The van der Waals surface area contributed by atoms with Crippen LogP contribution in [0.4, 0.5) is 0 Å². The zero-order chi connectivity index (χ0) is 86.3. The molecule has 12 unspecified atom stereocenters. The molecule has 0 saturated carbocycles. The van der Waals surface area contributed by atoms with Gasteiger partial charge in [-0.3, -0.25) is 58.8 Å². The molecular weight excluding hydrogens is 1590 g/mol. The summed E-state index contributed by atoms with van der Waals surface area (Å²) in [6.07, 6.45) is -9.35. The fraction of sp³-hybridized carbons (Fsp3) is 1.00. The molecule has 0 radical (unpaired) electrons. The first-order valence-electron chi connectivity index (χ1n) is 45.9. The van der Waals surface area contributed by atoms with Crippen molar-refractivity contribution < 1.29 is 118 Å². The number of ether oxygens (including phenoxy) is 12. The number of aliphatic hydroxyl groups is 12. The monoisotopic (exact) mass is 1760 g/mol. The number of β-amino-alcohol motifs (C(OH)–C–C–N with tert-alkyl or cyclic N) is 8. The van der Waals surface area contributed by atoms with Crippen LogP contribution in [-0.4, -0.2) is 640 Å². The van der Waals surface area contributed by atoms with E-state index in [-0.39, 0.29) is 132 Å². The molecule has 4 bridgehead atoms. The summed E-state index contributed by atoms with van der Waals surface area (Å²) < 4.78 is 74.2. The van der Waals surface area contributed by atoms with Gasteiger partial charge in [-0.25, -0.2) is 0 Å². The maximum atomic E-state index is 11.7. The number of nitrogens with one attached hydrogen (secondary N) is 4. The van der Waals surface area contributed by atoms with Crippen LogP contribution in [0.5, 0.6) is 0 Å². The Morgan fingerprint density at radius 1 is 0.238 bits per heavy atom. The maximum absolute atomic E-state index is 11.7. The predicted molar refractivity (Wildman–Crippen MR) is 456 cm³/mol. The highest BCUT2D eigenvalue weighted by Gasteiger charge is 2.38. The average molecular weight is 1760 g/mol. The van der Waals surface area contributed by atoms with E-state index in [1.54, 1.807) is 0 Å². The molecule has 16 N–H and O–H groups in total. The Labute approximate surface area is 725 Å². The van der Waals surface area contributed by atoms with Gasteiger partial charge in [-0.2, -0.15) is 0 Å². The molecule has 12 fully saturated rings.